The number of nitrogens with one attached hydrogen (secondary N) is 1. The summed E-state index contributed by atoms with van der Waals surface area (Å²) in [4.78, 5) is 0. The van der Waals surface area contributed by atoms with Crippen LogP contribution < -0.4 is 10.1 Å². The van der Waals surface area contributed by atoms with Gasteiger partial charge in [0, 0.05) is 16.6 Å². The van der Waals surface area contributed by atoms with Crippen molar-refractivity contribution in [1.82, 2.24) is 5.32 Å². The highest BCUT2D eigenvalue weighted by molar-refractivity contribution is 6.30. The largest absolute Gasteiger partial charge is 0.496 e. The Morgan fingerprint density at radius 2 is 1.86 bits per heavy atom. The molecule has 2 nitrogen and oxygen atoms in total. The number of benzene rings is 2. The van der Waals surface area contributed by atoms with Crippen LogP contribution in [0.4, 0.5) is 8.78 Å². The summed E-state index contributed by atoms with van der Waals surface area (Å²) in [6, 6.07) is 8.52. The van der Waals surface area contributed by atoms with Crippen molar-refractivity contribution in [3.05, 3.63) is 64.2 Å². The van der Waals surface area contributed by atoms with E-state index in [9.17, 15) is 8.78 Å². The first-order valence-corrected chi connectivity index (χ1v) is 6.88. The Kier molecular flexibility index (Phi) is 5.15. The highest BCUT2D eigenvalue weighted by Crippen LogP contribution is 2.29. The van der Waals surface area contributed by atoms with E-state index in [1.165, 1.54) is 18.2 Å². The minimum Gasteiger partial charge on any atom is -0.496 e. The lowest BCUT2D eigenvalue weighted by molar-refractivity contribution is 0.404. The van der Waals surface area contributed by atoms with E-state index in [4.69, 9.17) is 16.3 Å². The summed E-state index contributed by atoms with van der Waals surface area (Å²) < 4.78 is 33.1. The summed E-state index contributed by atoms with van der Waals surface area (Å²) in [5.74, 6) is -0.512. The van der Waals surface area contributed by atoms with E-state index in [2.05, 4.69) is 5.32 Å². The van der Waals surface area contributed by atoms with Crippen LogP contribution in [0.2, 0.25) is 5.02 Å². The molecule has 0 saturated heterocycles. The van der Waals surface area contributed by atoms with Crippen LogP contribution in [0, 0.1) is 11.6 Å². The molecule has 0 bridgehead atoms. The summed E-state index contributed by atoms with van der Waals surface area (Å²) >= 11 is 5.98. The van der Waals surface area contributed by atoms with E-state index in [0.717, 1.165) is 5.56 Å². The molecule has 0 aromatic heterocycles. The highest BCUT2D eigenvalue weighted by atomic mass is 35.5. The molecule has 0 aliphatic carbocycles. The van der Waals surface area contributed by atoms with Crippen LogP contribution in [-0.2, 0) is 6.42 Å². The quantitative estimate of drug-likeness (QED) is 0.896. The molecule has 1 unspecified atom stereocenters. The topological polar surface area (TPSA) is 21.3 Å². The van der Waals surface area contributed by atoms with Gasteiger partial charge >= 0.3 is 0 Å². The minimum atomic E-state index is -0.574. The Bertz CT molecular complexity index is 613. The van der Waals surface area contributed by atoms with E-state index in [-0.39, 0.29) is 5.56 Å². The fourth-order valence-electron chi connectivity index (χ4n) is 2.32. The van der Waals surface area contributed by atoms with Gasteiger partial charge in [-0.15, -0.1) is 0 Å². The van der Waals surface area contributed by atoms with E-state index in [1.54, 1.807) is 32.4 Å². The van der Waals surface area contributed by atoms with Crippen molar-refractivity contribution in [1.29, 1.82) is 0 Å². The molecule has 0 fully saturated rings. The lowest BCUT2D eigenvalue weighted by Crippen LogP contribution is -2.21. The first kappa shape index (κ1) is 15.7. The molecule has 1 N–H and O–H groups in total. The summed E-state index contributed by atoms with van der Waals surface area (Å²) in [6.45, 7) is 0. The van der Waals surface area contributed by atoms with Gasteiger partial charge in [0.2, 0.25) is 0 Å². The molecule has 0 aliphatic heterocycles. The third kappa shape index (κ3) is 3.52. The van der Waals surface area contributed by atoms with Crippen LogP contribution in [0.5, 0.6) is 5.75 Å². The fraction of sp³-hybridized carbons (Fsp3) is 0.250. The molecular weight excluding hydrogens is 296 g/mol. The highest BCUT2D eigenvalue weighted by Gasteiger charge is 2.20. The summed E-state index contributed by atoms with van der Waals surface area (Å²) in [5.41, 5.74) is 0.800. The van der Waals surface area contributed by atoms with Gasteiger partial charge in [0.25, 0.3) is 0 Å². The monoisotopic (exact) mass is 311 g/mol. The predicted octanol–water partition coefficient (Wildman–Crippen LogP) is 4.13. The predicted molar refractivity (Wildman–Crippen MR) is 79.9 cm³/mol. The Morgan fingerprint density at radius 1 is 1.19 bits per heavy atom. The summed E-state index contributed by atoms with van der Waals surface area (Å²) in [5, 5.41) is 3.49. The maximum absolute atomic E-state index is 13.9. The molecule has 112 valence electrons. The third-order valence-corrected chi connectivity index (χ3v) is 3.60. The van der Waals surface area contributed by atoms with Crippen LogP contribution in [-0.4, -0.2) is 14.2 Å². The molecule has 0 amide bonds. The van der Waals surface area contributed by atoms with Crippen molar-refractivity contribution < 1.29 is 13.5 Å². The summed E-state index contributed by atoms with van der Waals surface area (Å²) in [6.07, 6.45) is 0.359. The average Bonchev–Trinajstić information content (AvgIpc) is 2.46. The Balaban J connectivity index is 2.38. The fourth-order valence-corrected chi connectivity index (χ4v) is 2.51. The maximum Gasteiger partial charge on any atom is 0.130 e. The van der Waals surface area contributed by atoms with Gasteiger partial charge < -0.3 is 10.1 Å². The van der Waals surface area contributed by atoms with Crippen LogP contribution >= 0.6 is 11.6 Å². The van der Waals surface area contributed by atoms with Crippen molar-refractivity contribution in [2.45, 2.75) is 12.5 Å². The molecule has 1 atom stereocenters. The molecule has 0 saturated carbocycles. The van der Waals surface area contributed by atoms with Gasteiger partial charge in [-0.2, -0.15) is 0 Å². The molecule has 0 spiro atoms. The number of methoxy groups -OCH3 is 1. The van der Waals surface area contributed by atoms with Gasteiger partial charge in [-0.3, -0.25) is 0 Å². The second-order valence-corrected chi connectivity index (χ2v) is 5.07. The van der Waals surface area contributed by atoms with E-state index < -0.39 is 17.7 Å². The van der Waals surface area contributed by atoms with Gasteiger partial charge in [0.1, 0.15) is 17.4 Å². The molecule has 0 aliphatic rings. The number of likely N-dealkylation sites (N-methyl/N-ethyl adjacent to an activating group) is 1. The van der Waals surface area contributed by atoms with Gasteiger partial charge in [0.15, 0.2) is 0 Å². The summed E-state index contributed by atoms with van der Waals surface area (Å²) in [7, 11) is 3.21. The molecular formula is C16H16ClF2NO. The second-order valence-electron chi connectivity index (χ2n) is 4.64. The van der Waals surface area contributed by atoms with Crippen LogP contribution in [0.1, 0.15) is 17.2 Å². The van der Waals surface area contributed by atoms with E-state index in [0.29, 0.717) is 17.2 Å². The van der Waals surface area contributed by atoms with Gasteiger partial charge in [-0.1, -0.05) is 17.7 Å². The van der Waals surface area contributed by atoms with Crippen LogP contribution in [0.25, 0.3) is 0 Å². The third-order valence-electron chi connectivity index (χ3n) is 3.36. The average molecular weight is 312 g/mol. The van der Waals surface area contributed by atoms with Crippen molar-refractivity contribution in [3.63, 3.8) is 0 Å². The Morgan fingerprint density at radius 3 is 2.43 bits per heavy atom. The molecule has 2 aromatic rings. The van der Waals surface area contributed by atoms with Crippen LogP contribution in [0.15, 0.2) is 36.4 Å². The second kappa shape index (κ2) is 6.87. The zero-order valence-electron chi connectivity index (χ0n) is 11.8. The van der Waals surface area contributed by atoms with E-state index >= 15 is 0 Å². The molecule has 0 radical (unpaired) electrons. The number of hydrogen-bond acceptors (Lipinski definition) is 2. The van der Waals surface area contributed by atoms with Gasteiger partial charge in [-0.25, -0.2) is 8.78 Å². The lowest BCUT2D eigenvalue weighted by atomic mass is 9.97. The van der Waals surface area contributed by atoms with Crippen molar-refractivity contribution in [3.8, 4) is 5.75 Å². The first-order valence-electron chi connectivity index (χ1n) is 6.50. The normalized spacial score (nSPS) is 12.2. The van der Waals surface area contributed by atoms with Crippen molar-refractivity contribution in [2.75, 3.05) is 14.2 Å². The Labute approximate surface area is 127 Å². The first-order chi connectivity index (χ1) is 10.1. The van der Waals surface area contributed by atoms with Crippen LogP contribution in [0.3, 0.4) is 0 Å². The minimum absolute atomic E-state index is 0.0158. The zero-order valence-corrected chi connectivity index (χ0v) is 12.5. The standard InChI is InChI=1S/C16H16ClF2NO/c1-20-14(16-12(18)4-3-5-13(16)19)9-10-8-11(17)6-7-15(10)21-2/h3-8,14,20H,9H2,1-2H3. The smallest absolute Gasteiger partial charge is 0.130 e. The zero-order chi connectivity index (χ0) is 15.4. The van der Waals surface area contributed by atoms with E-state index in [1.807, 2.05) is 0 Å². The van der Waals surface area contributed by atoms with Crippen molar-refractivity contribution in [2.24, 2.45) is 0 Å². The van der Waals surface area contributed by atoms with Gasteiger partial charge in [0.05, 0.1) is 7.11 Å². The number of rotatable bonds is 5. The molecule has 0 heterocycles. The molecule has 21 heavy (non-hydrogen) atoms. The number of hydrogen-bond donors (Lipinski definition) is 1. The van der Waals surface area contributed by atoms with Crippen molar-refractivity contribution >= 4 is 11.6 Å². The lowest BCUT2D eigenvalue weighted by Gasteiger charge is -2.19. The number of ether oxygens (including phenoxy) is 1. The van der Waals surface area contributed by atoms with Gasteiger partial charge in [-0.05, 0) is 49.4 Å². The SMILES string of the molecule is CNC(Cc1cc(Cl)ccc1OC)c1c(F)cccc1F. The number of halogens is 3. The maximum atomic E-state index is 13.9. The molecule has 5 heteroatoms. The molecule has 2 rings (SSSR count). The Hall–Kier alpha value is -1.65. The molecule has 2 aromatic carbocycles.